The molecule has 0 atom stereocenters. The van der Waals surface area contributed by atoms with Gasteiger partial charge >= 0.3 is 12.1 Å². The second kappa shape index (κ2) is 11.5. The van der Waals surface area contributed by atoms with E-state index in [2.05, 4.69) is 48.9 Å². The molecule has 1 saturated heterocycles. The summed E-state index contributed by atoms with van der Waals surface area (Å²) in [6.07, 6.45) is 3.39. The number of hydrogen-bond acceptors (Lipinski definition) is 7. The van der Waals surface area contributed by atoms with Crippen LogP contribution >= 0.6 is 0 Å². The standard InChI is InChI=1S/C29H47N3O5/c1-10-32(21-13-11-20(12-14-21)30-27(34)37-29(6,7)8)25-16-22(15-24(19(25)2)26(33)35-9)36-23-17-31(18-23)28(3,4)5/h15-16,20-21,23H,10-14,17-18H2,1-9H3,(H,30,34). The predicted octanol–water partition coefficient (Wildman–Crippen LogP) is 5.31. The van der Waals surface area contributed by atoms with Crippen LogP contribution in [0.15, 0.2) is 12.1 Å². The first-order chi connectivity index (χ1) is 17.2. The number of carbonyl (C=O) groups excluding carboxylic acids is 2. The zero-order valence-corrected chi connectivity index (χ0v) is 24.3. The van der Waals surface area contributed by atoms with Crippen molar-refractivity contribution in [2.75, 3.05) is 31.6 Å². The van der Waals surface area contributed by atoms with Gasteiger partial charge in [0.15, 0.2) is 0 Å². The maximum Gasteiger partial charge on any atom is 0.407 e. The van der Waals surface area contributed by atoms with E-state index in [4.69, 9.17) is 14.2 Å². The number of anilines is 1. The van der Waals surface area contributed by atoms with E-state index in [9.17, 15) is 9.59 Å². The highest BCUT2D eigenvalue weighted by Crippen LogP contribution is 2.36. The lowest BCUT2D eigenvalue weighted by atomic mass is 9.89. The number of alkyl carbamates (subject to hydrolysis) is 1. The summed E-state index contributed by atoms with van der Waals surface area (Å²) in [5.74, 6) is 0.355. The smallest absolute Gasteiger partial charge is 0.407 e. The van der Waals surface area contributed by atoms with Crippen LogP contribution in [-0.4, -0.2) is 73.0 Å². The molecule has 1 aromatic carbocycles. The van der Waals surface area contributed by atoms with Crippen LogP contribution < -0.4 is 15.0 Å². The van der Waals surface area contributed by atoms with E-state index < -0.39 is 5.60 Å². The quantitative estimate of drug-likeness (QED) is 0.491. The summed E-state index contributed by atoms with van der Waals surface area (Å²) < 4.78 is 16.9. The van der Waals surface area contributed by atoms with Crippen molar-refractivity contribution in [2.45, 2.75) is 110 Å². The summed E-state index contributed by atoms with van der Waals surface area (Å²) in [6, 6.07) is 4.31. The molecule has 0 radical (unpaired) electrons. The number of nitrogens with one attached hydrogen (secondary N) is 1. The molecule has 1 saturated carbocycles. The summed E-state index contributed by atoms with van der Waals surface area (Å²) >= 11 is 0. The van der Waals surface area contributed by atoms with Crippen molar-refractivity contribution in [1.82, 2.24) is 10.2 Å². The summed E-state index contributed by atoms with van der Waals surface area (Å²) in [6.45, 7) is 18.9. The maximum absolute atomic E-state index is 12.7. The maximum atomic E-state index is 12.7. The lowest BCUT2D eigenvalue weighted by molar-refractivity contribution is -0.0350. The van der Waals surface area contributed by atoms with E-state index in [-0.39, 0.29) is 29.7 Å². The van der Waals surface area contributed by atoms with Crippen molar-refractivity contribution in [3.05, 3.63) is 23.3 Å². The van der Waals surface area contributed by atoms with Crippen molar-refractivity contribution in [1.29, 1.82) is 0 Å². The average Bonchev–Trinajstić information content (AvgIpc) is 2.76. The van der Waals surface area contributed by atoms with Gasteiger partial charge in [-0.1, -0.05) is 0 Å². The first-order valence-electron chi connectivity index (χ1n) is 13.6. The van der Waals surface area contributed by atoms with Crippen LogP contribution in [-0.2, 0) is 9.47 Å². The van der Waals surface area contributed by atoms with Gasteiger partial charge in [-0.2, -0.15) is 0 Å². The molecule has 1 heterocycles. The van der Waals surface area contributed by atoms with Crippen molar-refractivity contribution < 1.29 is 23.8 Å². The Bertz CT molecular complexity index is 952. The van der Waals surface area contributed by atoms with E-state index in [1.807, 2.05) is 33.8 Å². The largest absolute Gasteiger partial charge is 0.488 e. The molecule has 208 valence electrons. The SMILES string of the molecule is CCN(c1cc(OC2CN(C(C)(C)C)C2)cc(C(=O)OC)c1C)C1CCC(NC(=O)OC(C)(C)C)CC1. The Morgan fingerprint density at radius 3 is 2.19 bits per heavy atom. The normalized spacial score (nSPS) is 21.1. The lowest BCUT2D eigenvalue weighted by Gasteiger charge is -2.47. The number of nitrogens with zero attached hydrogens (tertiary/aromatic N) is 2. The molecular formula is C29H47N3O5. The van der Waals surface area contributed by atoms with E-state index in [1.54, 1.807) is 0 Å². The summed E-state index contributed by atoms with van der Waals surface area (Å²) in [5, 5.41) is 3.03. The van der Waals surface area contributed by atoms with Crippen LogP contribution in [0.5, 0.6) is 5.75 Å². The molecule has 1 aliphatic carbocycles. The number of rotatable bonds is 7. The highest BCUT2D eigenvalue weighted by atomic mass is 16.6. The molecule has 0 aromatic heterocycles. The van der Waals surface area contributed by atoms with Gasteiger partial charge in [-0.25, -0.2) is 9.59 Å². The van der Waals surface area contributed by atoms with Crippen LogP contribution in [0.3, 0.4) is 0 Å². The number of methoxy groups -OCH3 is 1. The Labute approximate surface area is 223 Å². The second-order valence-corrected chi connectivity index (χ2v) is 12.4. The van der Waals surface area contributed by atoms with E-state index >= 15 is 0 Å². The molecule has 0 unspecified atom stereocenters. The average molecular weight is 518 g/mol. The third-order valence-electron chi connectivity index (χ3n) is 7.37. The Kier molecular flexibility index (Phi) is 9.04. The fourth-order valence-electron chi connectivity index (χ4n) is 5.25. The molecule has 1 N–H and O–H groups in total. The molecule has 3 rings (SSSR count). The third kappa shape index (κ3) is 7.53. The van der Waals surface area contributed by atoms with Crippen LogP contribution in [0, 0.1) is 6.92 Å². The molecule has 1 aromatic rings. The van der Waals surface area contributed by atoms with Crippen molar-refractivity contribution in [3.63, 3.8) is 0 Å². The first kappa shape index (κ1) is 29.1. The van der Waals surface area contributed by atoms with Gasteiger partial charge in [-0.3, -0.25) is 4.90 Å². The summed E-state index contributed by atoms with van der Waals surface area (Å²) in [7, 11) is 1.42. The number of ether oxygens (including phenoxy) is 3. The number of amides is 1. The Morgan fingerprint density at radius 1 is 1.05 bits per heavy atom. The summed E-state index contributed by atoms with van der Waals surface area (Å²) in [5.41, 5.74) is 2.06. The molecule has 8 heteroatoms. The van der Waals surface area contributed by atoms with Crippen molar-refractivity contribution in [3.8, 4) is 5.75 Å². The van der Waals surface area contributed by atoms with Gasteiger partial charge in [0.1, 0.15) is 17.5 Å². The van der Waals surface area contributed by atoms with E-state index in [0.717, 1.165) is 56.6 Å². The van der Waals surface area contributed by atoms with Gasteiger partial charge in [0.05, 0.1) is 12.7 Å². The van der Waals surface area contributed by atoms with Crippen LogP contribution in [0.25, 0.3) is 0 Å². The molecule has 2 aliphatic rings. The highest BCUT2D eigenvalue weighted by molar-refractivity contribution is 5.93. The fraction of sp³-hybridized carbons (Fsp3) is 0.724. The van der Waals surface area contributed by atoms with Crippen molar-refractivity contribution >= 4 is 17.7 Å². The van der Waals surface area contributed by atoms with E-state index in [1.165, 1.54) is 7.11 Å². The molecule has 0 spiro atoms. The molecule has 2 fully saturated rings. The number of likely N-dealkylation sites (tertiary alicyclic amines) is 1. The number of carbonyl (C=O) groups is 2. The lowest BCUT2D eigenvalue weighted by Crippen LogP contribution is -2.60. The predicted molar refractivity (Wildman–Crippen MR) is 147 cm³/mol. The monoisotopic (exact) mass is 517 g/mol. The fourth-order valence-corrected chi connectivity index (χ4v) is 5.25. The zero-order chi connectivity index (χ0) is 27.5. The van der Waals surface area contributed by atoms with Crippen molar-refractivity contribution in [2.24, 2.45) is 0 Å². The Balaban J connectivity index is 1.74. The minimum Gasteiger partial charge on any atom is -0.488 e. The van der Waals surface area contributed by atoms with Gasteiger partial charge in [0, 0.05) is 49.0 Å². The number of benzene rings is 1. The Morgan fingerprint density at radius 2 is 1.68 bits per heavy atom. The first-order valence-corrected chi connectivity index (χ1v) is 13.6. The summed E-state index contributed by atoms with van der Waals surface area (Å²) in [4.78, 5) is 29.6. The van der Waals surface area contributed by atoms with Crippen LogP contribution in [0.1, 0.15) is 90.1 Å². The second-order valence-electron chi connectivity index (χ2n) is 12.4. The topological polar surface area (TPSA) is 80.3 Å². The number of esters is 1. The minimum atomic E-state index is -0.507. The molecule has 1 amide bonds. The number of hydrogen-bond donors (Lipinski definition) is 1. The molecule has 0 bridgehead atoms. The minimum absolute atomic E-state index is 0.102. The molecule has 1 aliphatic heterocycles. The van der Waals surface area contributed by atoms with Gasteiger partial charge in [-0.15, -0.1) is 0 Å². The molecule has 8 nitrogen and oxygen atoms in total. The molecule has 37 heavy (non-hydrogen) atoms. The third-order valence-corrected chi connectivity index (χ3v) is 7.37. The van der Waals surface area contributed by atoms with Gasteiger partial charge in [0.2, 0.25) is 0 Å². The molecular weight excluding hydrogens is 470 g/mol. The van der Waals surface area contributed by atoms with Gasteiger partial charge in [-0.05, 0) is 92.7 Å². The zero-order valence-electron chi connectivity index (χ0n) is 24.3. The highest BCUT2D eigenvalue weighted by Gasteiger charge is 2.36. The van der Waals surface area contributed by atoms with Gasteiger partial charge in [0.25, 0.3) is 0 Å². The Hall–Kier alpha value is -2.48. The van der Waals surface area contributed by atoms with Crippen LogP contribution in [0.2, 0.25) is 0 Å². The van der Waals surface area contributed by atoms with Gasteiger partial charge < -0.3 is 24.4 Å². The van der Waals surface area contributed by atoms with E-state index in [0.29, 0.717) is 17.4 Å². The van der Waals surface area contributed by atoms with Crippen LogP contribution in [0.4, 0.5) is 10.5 Å².